The van der Waals surface area contributed by atoms with Crippen molar-refractivity contribution >= 4 is 0 Å². The smallest absolute Gasteiger partial charge is 0.128 e. The van der Waals surface area contributed by atoms with Crippen molar-refractivity contribution in [1.29, 1.82) is 0 Å². The molecule has 0 spiro atoms. The molecule has 0 saturated heterocycles. The summed E-state index contributed by atoms with van der Waals surface area (Å²) in [4.78, 5) is 0. The molecular weight excluding hydrogens is 217 g/mol. The number of methoxy groups -OCH3 is 1. The first-order valence-electron chi connectivity index (χ1n) is 5.96. The Kier molecular flexibility index (Phi) is 5.09. The van der Waals surface area contributed by atoms with Crippen molar-refractivity contribution in [2.45, 2.75) is 39.3 Å². The molecule has 1 aromatic rings. The highest BCUT2D eigenvalue weighted by Gasteiger charge is 2.19. The zero-order valence-corrected chi connectivity index (χ0v) is 11.3. The molecule has 2 nitrogen and oxygen atoms in total. The number of halogens is 1. The van der Waals surface area contributed by atoms with Crippen molar-refractivity contribution in [2.24, 2.45) is 0 Å². The average molecular weight is 239 g/mol. The highest BCUT2D eigenvalue weighted by molar-refractivity contribution is 5.34. The Bertz CT molecular complexity index is 355. The van der Waals surface area contributed by atoms with Crippen LogP contribution in [0.4, 0.5) is 4.39 Å². The van der Waals surface area contributed by atoms with E-state index in [2.05, 4.69) is 5.32 Å². The van der Waals surface area contributed by atoms with Crippen LogP contribution in [-0.2, 0) is 4.74 Å². The van der Waals surface area contributed by atoms with Crippen LogP contribution in [0.2, 0.25) is 0 Å². The SMILES string of the molecule is CNC(CC(C)OC)c1c(C)cc(C)cc1F. The van der Waals surface area contributed by atoms with Crippen molar-refractivity contribution < 1.29 is 9.13 Å². The van der Waals surface area contributed by atoms with E-state index in [0.29, 0.717) is 0 Å². The number of benzene rings is 1. The molecule has 1 rings (SSSR count). The molecule has 0 bridgehead atoms. The van der Waals surface area contributed by atoms with Gasteiger partial charge in [-0.05, 0) is 51.4 Å². The summed E-state index contributed by atoms with van der Waals surface area (Å²) in [6.45, 7) is 5.85. The monoisotopic (exact) mass is 239 g/mol. The molecule has 0 aromatic heterocycles. The lowest BCUT2D eigenvalue weighted by atomic mass is 9.95. The average Bonchev–Trinajstić information content (AvgIpc) is 2.25. The van der Waals surface area contributed by atoms with Crippen LogP contribution in [0, 0.1) is 19.7 Å². The fourth-order valence-electron chi connectivity index (χ4n) is 2.18. The zero-order chi connectivity index (χ0) is 13.0. The van der Waals surface area contributed by atoms with Crippen LogP contribution >= 0.6 is 0 Å². The van der Waals surface area contributed by atoms with Crippen LogP contribution in [0.5, 0.6) is 0 Å². The van der Waals surface area contributed by atoms with E-state index in [9.17, 15) is 4.39 Å². The predicted molar refractivity (Wildman–Crippen MR) is 68.8 cm³/mol. The lowest BCUT2D eigenvalue weighted by Crippen LogP contribution is -2.23. The Labute approximate surface area is 103 Å². The first-order chi connectivity index (χ1) is 7.99. The number of nitrogens with one attached hydrogen (secondary N) is 1. The molecule has 0 aliphatic heterocycles. The van der Waals surface area contributed by atoms with Gasteiger partial charge in [-0.1, -0.05) is 6.07 Å². The van der Waals surface area contributed by atoms with Crippen LogP contribution in [0.1, 0.15) is 36.1 Å². The van der Waals surface area contributed by atoms with Crippen molar-refractivity contribution in [3.63, 3.8) is 0 Å². The van der Waals surface area contributed by atoms with E-state index in [-0.39, 0.29) is 18.0 Å². The lowest BCUT2D eigenvalue weighted by molar-refractivity contribution is 0.101. The van der Waals surface area contributed by atoms with Gasteiger partial charge in [-0.15, -0.1) is 0 Å². The van der Waals surface area contributed by atoms with Crippen LogP contribution < -0.4 is 5.32 Å². The summed E-state index contributed by atoms with van der Waals surface area (Å²) in [5, 5.41) is 3.16. The largest absolute Gasteiger partial charge is 0.382 e. The van der Waals surface area contributed by atoms with Gasteiger partial charge in [0.15, 0.2) is 0 Å². The normalized spacial score (nSPS) is 14.7. The maximum atomic E-state index is 14.0. The van der Waals surface area contributed by atoms with Crippen LogP contribution in [0.25, 0.3) is 0 Å². The molecule has 0 heterocycles. The van der Waals surface area contributed by atoms with E-state index in [0.717, 1.165) is 23.1 Å². The molecule has 0 amide bonds. The molecule has 2 atom stereocenters. The quantitative estimate of drug-likeness (QED) is 0.852. The van der Waals surface area contributed by atoms with E-state index in [1.165, 1.54) is 0 Å². The second kappa shape index (κ2) is 6.12. The summed E-state index contributed by atoms with van der Waals surface area (Å²) in [7, 11) is 3.53. The third-order valence-corrected chi connectivity index (χ3v) is 3.15. The van der Waals surface area contributed by atoms with E-state index >= 15 is 0 Å². The second-order valence-electron chi connectivity index (χ2n) is 4.60. The standard InChI is InChI=1S/C14H22FNO/c1-9-6-10(2)14(12(15)7-9)13(16-4)8-11(3)17-5/h6-7,11,13,16H,8H2,1-5H3. The summed E-state index contributed by atoms with van der Waals surface area (Å²) in [6.07, 6.45) is 0.862. The summed E-state index contributed by atoms with van der Waals surface area (Å²) >= 11 is 0. The minimum Gasteiger partial charge on any atom is -0.382 e. The first kappa shape index (κ1) is 14.1. The van der Waals surface area contributed by atoms with Gasteiger partial charge in [0.05, 0.1) is 6.10 Å². The maximum Gasteiger partial charge on any atom is 0.128 e. The summed E-state index contributed by atoms with van der Waals surface area (Å²) in [5.74, 6) is -0.134. The Morgan fingerprint density at radius 3 is 2.47 bits per heavy atom. The van der Waals surface area contributed by atoms with Gasteiger partial charge in [-0.3, -0.25) is 0 Å². The molecule has 17 heavy (non-hydrogen) atoms. The molecule has 0 fully saturated rings. The molecular formula is C14H22FNO. The van der Waals surface area contributed by atoms with Crippen molar-refractivity contribution in [3.8, 4) is 0 Å². The number of ether oxygens (including phenoxy) is 1. The Morgan fingerprint density at radius 2 is 2.00 bits per heavy atom. The molecule has 3 heteroatoms. The lowest BCUT2D eigenvalue weighted by Gasteiger charge is -2.22. The van der Waals surface area contributed by atoms with Gasteiger partial charge in [-0.2, -0.15) is 0 Å². The first-order valence-corrected chi connectivity index (χ1v) is 5.96. The van der Waals surface area contributed by atoms with E-state index in [1.54, 1.807) is 13.2 Å². The zero-order valence-electron chi connectivity index (χ0n) is 11.3. The van der Waals surface area contributed by atoms with Crippen LogP contribution in [0.15, 0.2) is 12.1 Å². The van der Waals surface area contributed by atoms with Gasteiger partial charge in [0, 0.05) is 18.7 Å². The number of hydrogen-bond donors (Lipinski definition) is 1. The minimum atomic E-state index is -0.134. The van der Waals surface area contributed by atoms with Crippen molar-refractivity contribution in [3.05, 3.63) is 34.6 Å². The fraction of sp³-hybridized carbons (Fsp3) is 0.571. The third kappa shape index (κ3) is 3.51. The number of rotatable bonds is 5. The van der Waals surface area contributed by atoms with Crippen molar-refractivity contribution in [1.82, 2.24) is 5.32 Å². The fourth-order valence-corrected chi connectivity index (χ4v) is 2.18. The highest BCUT2D eigenvalue weighted by atomic mass is 19.1. The number of hydrogen-bond acceptors (Lipinski definition) is 2. The number of aryl methyl sites for hydroxylation is 2. The molecule has 0 aliphatic rings. The molecule has 0 saturated carbocycles. The molecule has 2 unspecified atom stereocenters. The maximum absolute atomic E-state index is 14.0. The molecule has 96 valence electrons. The third-order valence-electron chi connectivity index (χ3n) is 3.15. The Morgan fingerprint density at radius 1 is 1.35 bits per heavy atom. The molecule has 1 aromatic carbocycles. The van der Waals surface area contributed by atoms with E-state index in [1.807, 2.05) is 33.9 Å². The van der Waals surface area contributed by atoms with Crippen LogP contribution in [0.3, 0.4) is 0 Å². The highest BCUT2D eigenvalue weighted by Crippen LogP contribution is 2.26. The Balaban J connectivity index is 3.03. The predicted octanol–water partition coefficient (Wildman–Crippen LogP) is 3.13. The van der Waals surface area contributed by atoms with E-state index in [4.69, 9.17) is 4.74 Å². The van der Waals surface area contributed by atoms with Crippen LogP contribution in [-0.4, -0.2) is 20.3 Å². The van der Waals surface area contributed by atoms with Gasteiger partial charge in [0.25, 0.3) is 0 Å². The minimum absolute atomic E-state index is 0.00875. The Hall–Kier alpha value is -0.930. The summed E-state index contributed by atoms with van der Waals surface area (Å²) in [5.41, 5.74) is 2.70. The van der Waals surface area contributed by atoms with Gasteiger partial charge in [-0.25, -0.2) is 4.39 Å². The van der Waals surface area contributed by atoms with Gasteiger partial charge < -0.3 is 10.1 Å². The van der Waals surface area contributed by atoms with Gasteiger partial charge >= 0.3 is 0 Å². The molecule has 1 N–H and O–H groups in total. The van der Waals surface area contributed by atoms with E-state index < -0.39 is 0 Å². The van der Waals surface area contributed by atoms with Gasteiger partial charge in [0.2, 0.25) is 0 Å². The second-order valence-corrected chi connectivity index (χ2v) is 4.60. The molecule has 0 aliphatic carbocycles. The molecule has 0 radical (unpaired) electrons. The van der Waals surface area contributed by atoms with Crippen molar-refractivity contribution in [2.75, 3.05) is 14.2 Å². The summed E-state index contributed by atoms with van der Waals surface area (Å²) < 4.78 is 19.3. The topological polar surface area (TPSA) is 21.3 Å². The summed E-state index contributed by atoms with van der Waals surface area (Å²) in [6, 6.07) is 3.59. The van der Waals surface area contributed by atoms with Gasteiger partial charge in [0.1, 0.15) is 5.82 Å².